The van der Waals surface area contributed by atoms with Crippen molar-refractivity contribution in [1.82, 2.24) is 10.2 Å². The molecule has 72 valence electrons. The minimum Gasteiger partial charge on any atom is -0.313 e. The fourth-order valence-corrected chi connectivity index (χ4v) is 1.80. The molecule has 1 aliphatic heterocycles. The highest BCUT2D eigenvalue weighted by molar-refractivity contribution is 4.75. The van der Waals surface area contributed by atoms with Crippen molar-refractivity contribution in [2.24, 2.45) is 0 Å². The van der Waals surface area contributed by atoms with E-state index in [9.17, 15) is 0 Å². The van der Waals surface area contributed by atoms with Crippen LogP contribution in [0, 0.1) is 0 Å². The summed E-state index contributed by atoms with van der Waals surface area (Å²) in [5.41, 5.74) is 0. The van der Waals surface area contributed by atoms with Gasteiger partial charge in [0.2, 0.25) is 0 Å². The first-order valence-electron chi connectivity index (χ1n) is 5.21. The van der Waals surface area contributed by atoms with Crippen LogP contribution >= 0.6 is 0 Å². The van der Waals surface area contributed by atoms with Gasteiger partial charge < -0.3 is 5.32 Å². The van der Waals surface area contributed by atoms with Gasteiger partial charge in [-0.05, 0) is 39.8 Å². The van der Waals surface area contributed by atoms with E-state index in [1.54, 1.807) is 0 Å². The maximum absolute atomic E-state index is 3.51. The van der Waals surface area contributed by atoms with Crippen molar-refractivity contribution in [3.05, 3.63) is 0 Å². The maximum atomic E-state index is 3.51. The molecule has 2 heteroatoms. The molecule has 0 aromatic heterocycles. The van der Waals surface area contributed by atoms with Crippen LogP contribution in [-0.4, -0.2) is 36.6 Å². The third-order valence-corrected chi connectivity index (χ3v) is 2.84. The van der Waals surface area contributed by atoms with E-state index in [0.29, 0.717) is 6.04 Å². The van der Waals surface area contributed by atoms with E-state index < -0.39 is 0 Å². The number of rotatable bonds is 2. The maximum Gasteiger partial charge on any atom is 0.0166 e. The van der Waals surface area contributed by atoms with Crippen LogP contribution in [0.5, 0.6) is 0 Å². The first-order chi connectivity index (χ1) is 5.74. The Morgan fingerprint density at radius 2 is 2.33 bits per heavy atom. The molecule has 0 bridgehead atoms. The van der Waals surface area contributed by atoms with Gasteiger partial charge in [0.15, 0.2) is 0 Å². The number of nitrogens with zero attached hydrogens (tertiary/aromatic N) is 1. The fraction of sp³-hybridized carbons (Fsp3) is 1.00. The number of hydrogen-bond acceptors (Lipinski definition) is 2. The van der Waals surface area contributed by atoms with Crippen LogP contribution in [0.15, 0.2) is 0 Å². The first-order valence-corrected chi connectivity index (χ1v) is 5.21. The predicted octanol–water partition coefficient (Wildman–Crippen LogP) is 1.47. The summed E-state index contributed by atoms with van der Waals surface area (Å²) in [6, 6.07) is 1.42. The normalized spacial score (nSPS) is 29.8. The van der Waals surface area contributed by atoms with Crippen LogP contribution in [0.3, 0.4) is 0 Å². The molecule has 0 aromatic rings. The van der Waals surface area contributed by atoms with Gasteiger partial charge in [-0.25, -0.2) is 0 Å². The molecule has 1 saturated heterocycles. The Hall–Kier alpha value is -0.0800. The van der Waals surface area contributed by atoms with Crippen molar-refractivity contribution < 1.29 is 0 Å². The highest BCUT2D eigenvalue weighted by Crippen LogP contribution is 2.07. The molecule has 2 atom stereocenters. The largest absolute Gasteiger partial charge is 0.313 e. The van der Waals surface area contributed by atoms with E-state index in [2.05, 4.69) is 31.0 Å². The fourth-order valence-electron chi connectivity index (χ4n) is 1.80. The molecule has 1 N–H and O–H groups in total. The van der Waals surface area contributed by atoms with Crippen LogP contribution < -0.4 is 5.32 Å². The van der Waals surface area contributed by atoms with Crippen LogP contribution in [0.2, 0.25) is 0 Å². The Balaban J connectivity index is 2.40. The zero-order valence-electron chi connectivity index (χ0n) is 8.64. The summed E-state index contributed by atoms with van der Waals surface area (Å²) >= 11 is 0. The summed E-state index contributed by atoms with van der Waals surface area (Å²) in [6.45, 7) is 10.6. The molecule has 0 radical (unpaired) electrons. The van der Waals surface area contributed by atoms with Crippen LogP contribution in [0.4, 0.5) is 0 Å². The van der Waals surface area contributed by atoms with Gasteiger partial charge >= 0.3 is 0 Å². The lowest BCUT2D eigenvalue weighted by Gasteiger charge is -2.28. The summed E-state index contributed by atoms with van der Waals surface area (Å²) in [7, 11) is 0. The molecule has 2 unspecified atom stereocenters. The second kappa shape index (κ2) is 4.83. The Morgan fingerprint density at radius 3 is 3.00 bits per heavy atom. The molecule has 12 heavy (non-hydrogen) atoms. The quantitative estimate of drug-likeness (QED) is 0.675. The zero-order chi connectivity index (χ0) is 8.97. The van der Waals surface area contributed by atoms with Gasteiger partial charge in [0, 0.05) is 18.6 Å². The third kappa shape index (κ3) is 2.76. The molecule has 0 aliphatic carbocycles. The Labute approximate surface area is 76.3 Å². The lowest BCUT2D eigenvalue weighted by atomic mass is 10.2. The molecule has 1 heterocycles. The molecule has 0 amide bonds. The standard InChI is InChI=1S/C10H22N2/c1-4-10(3)12-7-5-6-11-9(2)8-12/h9-11H,4-8H2,1-3H3. The van der Waals surface area contributed by atoms with Crippen molar-refractivity contribution in [3.63, 3.8) is 0 Å². The van der Waals surface area contributed by atoms with E-state index in [-0.39, 0.29) is 0 Å². The monoisotopic (exact) mass is 170 g/mol. The zero-order valence-corrected chi connectivity index (χ0v) is 8.64. The molecule has 0 saturated carbocycles. The van der Waals surface area contributed by atoms with E-state index in [1.165, 1.54) is 32.5 Å². The minimum absolute atomic E-state index is 0.668. The van der Waals surface area contributed by atoms with Crippen molar-refractivity contribution in [1.29, 1.82) is 0 Å². The minimum atomic E-state index is 0.668. The van der Waals surface area contributed by atoms with E-state index in [4.69, 9.17) is 0 Å². The highest BCUT2D eigenvalue weighted by atomic mass is 15.2. The van der Waals surface area contributed by atoms with Gasteiger partial charge in [-0.1, -0.05) is 6.92 Å². The molecule has 0 spiro atoms. The summed E-state index contributed by atoms with van der Waals surface area (Å²) in [5.74, 6) is 0. The van der Waals surface area contributed by atoms with Crippen molar-refractivity contribution in [2.45, 2.75) is 45.7 Å². The second-order valence-electron chi connectivity index (χ2n) is 3.96. The van der Waals surface area contributed by atoms with Crippen LogP contribution in [-0.2, 0) is 0 Å². The van der Waals surface area contributed by atoms with Gasteiger partial charge in [-0.2, -0.15) is 0 Å². The van der Waals surface area contributed by atoms with Crippen LogP contribution in [0.25, 0.3) is 0 Å². The second-order valence-corrected chi connectivity index (χ2v) is 3.96. The SMILES string of the molecule is CCC(C)N1CCCNC(C)C1. The van der Waals surface area contributed by atoms with Crippen molar-refractivity contribution >= 4 is 0 Å². The lowest BCUT2D eigenvalue weighted by Crippen LogP contribution is -2.39. The summed E-state index contributed by atoms with van der Waals surface area (Å²) < 4.78 is 0. The number of nitrogens with one attached hydrogen (secondary N) is 1. The van der Waals surface area contributed by atoms with Gasteiger partial charge in [0.05, 0.1) is 0 Å². The average molecular weight is 170 g/mol. The van der Waals surface area contributed by atoms with Gasteiger partial charge in [0.25, 0.3) is 0 Å². The highest BCUT2D eigenvalue weighted by Gasteiger charge is 2.17. The average Bonchev–Trinajstić information content (AvgIpc) is 2.28. The molecule has 1 aliphatic rings. The van der Waals surface area contributed by atoms with Crippen molar-refractivity contribution in [2.75, 3.05) is 19.6 Å². The smallest absolute Gasteiger partial charge is 0.0166 e. The first kappa shape index (κ1) is 10.0. The molecular formula is C10H22N2. The Kier molecular flexibility index (Phi) is 4.02. The molecule has 2 nitrogen and oxygen atoms in total. The summed E-state index contributed by atoms with van der Waals surface area (Å²) in [5, 5.41) is 3.51. The van der Waals surface area contributed by atoms with Crippen molar-refractivity contribution in [3.8, 4) is 0 Å². The van der Waals surface area contributed by atoms with Gasteiger partial charge in [0.1, 0.15) is 0 Å². The molecular weight excluding hydrogens is 148 g/mol. The predicted molar refractivity (Wildman–Crippen MR) is 53.4 cm³/mol. The third-order valence-electron chi connectivity index (χ3n) is 2.84. The molecule has 1 rings (SSSR count). The lowest BCUT2D eigenvalue weighted by molar-refractivity contribution is 0.204. The molecule has 0 aromatic carbocycles. The van der Waals surface area contributed by atoms with E-state index in [0.717, 1.165) is 6.04 Å². The van der Waals surface area contributed by atoms with Gasteiger partial charge in [-0.15, -0.1) is 0 Å². The topological polar surface area (TPSA) is 15.3 Å². The van der Waals surface area contributed by atoms with E-state index in [1.807, 2.05) is 0 Å². The Bertz CT molecular complexity index is 125. The molecule has 1 fully saturated rings. The van der Waals surface area contributed by atoms with Gasteiger partial charge in [-0.3, -0.25) is 4.90 Å². The van der Waals surface area contributed by atoms with Crippen LogP contribution in [0.1, 0.15) is 33.6 Å². The summed E-state index contributed by atoms with van der Waals surface area (Å²) in [4.78, 5) is 2.60. The number of hydrogen-bond donors (Lipinski definition) is 1. The Morgan fingerprint density at radius 1 is 1.58 bits per heavy atom. The van der Waals surface area contributed by atoms with E-state index >= 15 is 0 Å². The summed E-state index contributed by atoms with van der Waals surface area (Å²) in [6.07, 6.45) is 2.57.